The first-order chi connectivity index (χ1) is 14.3. The van der Waals surface area contributed by atoms with E-state index >= 15 is 0 Å². The van der Waals surface area contributed by atoms with Crippen LogP contribution in [-0.2, 0) is 16.1 Å². The summed E-state index contributed by atoms with van der Waals surface area (Å²) in [6.07, 6.45) is 0.513. The molecule has 0 fully saturated rings. The van der Waals surface area contributed by atoms with Gasteiger partial charge in [0.15, 0.2) is 6.61 Å². The molecular formula is C24H32N2O4. The summed E-state index contributed by atoms with van der Waals surface area (Å²) in [6, 6.07) is 14.4. The molecule has 2 amide bonds. The van der Waals surface area contributed by atoms with E-state index in [9.17, 15) is 9.59 Å². The van der Waals surface area contributed by atoms with Gasteiger partial charge < -0.3 is 19.7 Å². The minimum absolute atomic E-state index is 0.00146. The van der Waals surface area contributed by atoms with E-state index in [2.05, 4.69) is 5.32 Å². The SMILES string of the molecule is CCC(C(=O)NC(C)C)N(Cc1ccc(C)cc1)C(=O)COc1ccc(OC)cc1. The summed E-state index contributed by atoms with van der Waals surface area (Å²) < 4.78 is 10.8. The Morgan fingerprint density at radius 2 is 1.60 bits per heavy atom. The van der Waals surface area contributed by atoms with Crippen molar-refractivity contribution in [1.29, 1.82) is 0 Å². The van der Waals surface area contributed by atoms with E-state index in [1.54, 1.807) is 36.3 Å². The van der Waals surface area contributed by atoms with Gasteiger partial charge in [-0.2, -0.15) is 0 Å². The number of aryl methyl sites for hydroxylation is 1. The van der Waals surface area contributed by atoms with Gasteiger partial charge in [-0.15, -0.1) is 0 Å². The maximum absolute atomic E-state index is 13.1. The molecule has 0 aliphatic carbocycles. The standard InChI is InChI=1S/C24H32N2O4/c1-6-22(24(28)25-17(2)3)26(15-19-9-7-18(4)8-10-19)23(27)16-30-21-13-11-20(29-5)12-14-21/h7-14,17,22H,6,15-16H2,1-5H3,(H,25,28). The summed E-state index contributed by atoms with van der Waals surface area (Å²) in [5, 5.41) is 2.92. The van der Waals surface area contributed by atoms with Crippen LogP contribution in [0.1, 0.15) is 38.3 Å². The Kier molecular flexibility index (Phi) is 8.71. The fourth-order valence-corrected chi connectivity index (χ4v) is 3.09. The zero-order valence-corrected chi connectivity index (χ0v) is 18.5. The summed E-state index contributed by atoms with van der Waals surface area (Å²) in [5.41, 5.74) is 2.11. The predicted molar refractivity (Wildman–Crippen MR) is 118 cm³/mol. The molecule has 2 aromatic carbocycles. The topological polar surface area (TPSA) is 67.9 Å². The summed E-state index contributed by atoms with van der Waals surface area (Å²) in [4.78, 5) is 27.5. The van der Waals surface area contributed by atoms with Gasteiger partial charge in [-0.05, 0) is 57.0 Å². The van der Waals surface area contributed by atoms with E-state index in [-0.39, 0.29) is 24.5 Å². The van der Waals surface area contributed by atoms with Crippen LogP contribution in [0.5, 0.6) is 11.5 Å². The molecule has 2 rings (SSSR count). The van der Waals surface area contributed by atoms with E-state index in [4.69, 9.17) is 9.47 Å². The number of nitrogens with zero attached hydrogens (tertiary/aromatic N) is 1. The van der Waals surface area contributed by atoms with Crippen molar-refractivity contribution in [2.24, 2.45) is 0 Å². The first-order valence-electron chi connectivity index (χ1n) is 10.3. The minimum Gasteiger partial charge on any atom is -0.497 e. The van der Waals surface area contributed by atoms with Crippen LogP contribution in [0.25, 0.3) is 0 Å². The minimum atomic E-state index is -0.569. The number of carbonyl (C=O) groups excluding carboxylic acids is 2. The number of nitrogens with one attached hydrogen (secondary N) is 1. The first kappa shape index (κ1) is 23.3. The van der Waals surface area contributed by atoms with E-state index < -0.39 is 6.04 Å². The lowest BCUT2D eigenvalue weighted by Crippen LogP contribution is -2.51. The van der Waals surface area contributed by atoms with Gasteiger partial charge in [0.25, 0.3) is 5.91 Å². The van der Waals surface area contributed by atoms with E-state index in [0.717, 1.165) is 11.1 Å². The summed E-state index contributed by atoms with van der Waals surface area (Å²) >= 11 is 0. The Labute approximate surface area is 179 Å². The number of hydrogen-bond acceptors (Lipinski definition) is 4. The quantitative estimate of drug-likeness (QED) is 0.646. The second-order valence-electron chi connectivity index (χ2n) is 7.56. The van der Waals surface area contributed by atoms with Crippen molar-refractivity contribution in [3.05, 3.63) is 59.7 Å². The molecule has 0 bridgehead atoms. The summed E-state index contributed by atoms with van der Waals surface area (Å²) in [6.45, 7) is 7.93. The van der Waals surface area contributed by atoms with Gasteiger partial charge in [-0.1, -0.05) is 36.8 Å². The van der Waals surface area contributed by atoms with E-state index in [0.29, 0.717) is 24.5 Å². The molecule has 0 aliphatic rings. The first-order valence-corrected chi connectivity index (χ1v) is 10.3. The van der Waals surface area contributed by atoms with Gasteiger partial charge in [-0.3, -0.25) is 9.59 Å². The lowest BCUT2D eigenvalue weighted by Gasteiger charge is -2.31. The number of hydrogen-bond donors (Lipinski definition) is 1. The Hall–Kier alpha value is -3.02. The third-order valence-electron chi connectivity index (χ3n) is 4.71. The molecule has 1 unspecified atom stereocenters. The molecule has 6 nitrogen and oxygen atoms in total. The maximum atomic E-state index is 13.1. The van der Waals surface area contributed by atoms with Crippen LogP contribution in [-0.4, -0.2) is 42.5 Å². The van der Waals surface area contributed by atoms with Crippen LogP contribution in [0, 0.1) is 6.92 Å². The third kappa shape index (κ3) is 6.79. The summed E-state index contributed by atoms with van der Waals surface area (Å²) in [5.74, 6) is 0.889. The Morgan fingerprint density at radius 1 is 1.00 bits per heavy atom. The van der Waals surface area contributed by atoms with Crippen LogP contribution >= 0.6 is 0 Å². The average molecular weight is 413 g/mol. The molecule has 0 aromatic heterocycles. The molecule has 0 heterocycles. The smallest absolute Gasteiger partial charge is 0.261 e. The fourth-order valence-electron chi connectivity index (χ4n) is 3.09. The number of amides is 2. The van der Waals surface area contributed by atoms with Crippen molar-refractivity contribution in [3.63, 3.8) is 0 Å². The number of carbonyl (C=O) groups is 2. The second-order valence-corrected chi connectivity index (χ2v) is 7.56. The van der Waals surface area contributed by atoms with E-state index in [1.807, 2.05) is 52.0 Å². The summed E-state index contributed by atoms with van der Waals surface area (Å²) in [7, 11) is 1.59. The molecule has 6 heteroatoms. The predicted octanol–water partition coefficient (Wildman–Crippen LogP) is 3.71. The lowest BCUT2D eigenvalue weighted by molar-refractivity contribution is -0.143. The Bertz CT molecular complexity index is 816. The molecule has 0 saturated heterocycles. The molecule has 162 valence electrons. The van der Waals surface area contributed by atoms with Gasteiger partial charge in [0.05, 0.1) is 7.11 Å². The normalized spacial score (nSPS) is 11.7. The molecule has 0 radical (unpaired) electrons. The van der Waals surface area contributed by atoms with Crippen molar-refractivity contribution >= 4 is 11.8 Å². The van der Waals surface area contributed by atoms with Crippen molar-refractivity contribution in [2.45, 2.75) is 52.7 Å². The van der Waals surface area contributed by atoms with Crippen LogP contribution in [0.3, 0.4) is 0 Å². The maximum Gasteiger partial charge on any atom is 0.261 e. The van der Waals surface area contributed by atoms with Crippen LogP contribution in [0.15, 0.2) is 48.5 Å². The number of benzene rings is 2. The Morgan fingerprint density at radius 3 is 2.13 bits per heavy atom. The van der Waals surface area contributed by atoms with Crippen molar-refractivity contribution < 1.29 is 19.1 Å². The number of rotatable bonds is 10. The van der Waals surface area contributed by atoms with Gasteiger partial charge in [0, 0.05) is 12.6 Å². The lowest BCUT2D eigenvalue weighted by atomic mass is 10.1. The molecule has 30 heavy (non-hydrogen) atoms. The highest BCUT2D eigenvalue weighted by Gasteiger charge is 2.29. The van der Waals surface area contributed by atoms with Crippen molar-refractivity contribution in [1.82, 2.24) is 10.2 Å². The van der Waals surface area contributed by atoms with Gasteiger partial charge in [0.1, 0.15) is 17.5 Å². The van der Waals surface area contributed by atoms with Crippen LogP contribution < -0.4 is 14.8 Å². The monoisotopic (exact) mass is 412 g/mol. The largest absolute Gasteiger partial charge is 0.497 e. The molecule has 0 spiro atoms. The zero-order chi connectivity index (χ0) is 22.1. The number of ether oxygens (including phenoxy) is 2. The fraction of sp³-hybridized carbons (Fsp3) is 0.417. The Balaban J connectivity index is 2.17. The van der Waals surface area contributed by atoms with Gasteiger partial charge in [0.2, 0.25) is 5.91 Å². The molecule has 0 aliphatic heterocycles. The van der Waals surface area contributed by atoms with Gasteiger partial charge >= 0.3 is 0 Å². The molecule has 1 N–H and O–H groups in total. The van der Waals surface area contributed by atoms with Crippen molar-refractivity contribution in [2.75, 3.05) is 13.7 Å². The third-order valence-corrected chi connectivity index (χ3v) is 4.71. The molecule has 1 atom stereocenters. The number of methoxy groups -OCH3 is 1. The molecule has 2 aromatic rings. The molecular weight excluding hydrogens is 380 g/mol. The molecule has 0 saturated carbocycles. The average Bonchev–Trinajstić information content (AvgIpc) is 2.73. The second kappa shape index (κ2) is 11.2. The van der Waals surface area contributed by atoms with Crippen molar-refractivity contribution in [3.8, 4) is 11.5 Å². The highest BCUT2D eigenvalue weighted by molar-refractivity contribution is 5.88. The highest BCUT2D eigenvalue weighted by atomic mass is 16.5. The van der Waals surface area contributed by atoms with E-state index in [1.165, 1.54) is 0 Å². The highest BCUT2D eigenvalue weighted by Crippen LogP contribution is 2.18. The van der Waals surface area contributed by atoms with Gasteiger partial charge in [-0.25, -0.2) is 0 Å². The van der Waals surface area contributed by atoms with Crippen LogP contribution in [0.4, 0.5) is 0 Å². The van der Waals surface area contributed by atoms with Crippen LogP contribution in [0.2, 0.25) is 0 Å². The zero-order valence-electron chi connectivity index (χ0n) is 18.5.